The van der Waals surface area contributed by atoms with Crippen LogP contribution in [-0.4, -0.2) is 43.4 Å². The standard InChI is InChI=1S/C17H25N3O2/c1-18-12-16(21)19-14-10-8-13(9-11-14)17(22)20(2)15-6-4-3-5-7-15/h8-11,15,18H,3-7,12H2,1-2H3,(H,19,21). The van der Waals surface area contributed by atoms with Crippen LogP contribution in [0.1, 0.15) is 42.5 Å². The number of nitrogens with zero attached hydrogens (tertiary/aromatic N) is 1. The third kappa shape index (κ3) is 4.31. The van der Waals surface area contributed by atoms with Crippen LogP contribution in [0.5, 0.6) is 0 Å². The van der Waals surface area contributed by atoms with E-state index in [9.17, 15) is 9.59 Å². The second kappa shape index (κ2) is 7.94. The molecule has 0 atom stereocenters. The van der Waals surface area contributed by atoms with Gasteiger partial charge in [-0.05, 0) is 44.2 Å². The van der Waals surface area contributed by atoms with Gasteiger partial charge in [-0.2, -0.15) is 0 Å². The van der Waals surface area contributed by atoms with Gasteiger partial charge in [0.1, 0.15) is 0 Å². The minimum Gasteiger partial charge on any atom is -0.339 e. The fourth-order valence-electron chi connectivity index (χ4n) is 2.90. The van der Waals surface area contributed by atoms with Gasteiger partial charge in [0.05, 0.1) is 6.54 Å². The maximum atomic E-state index is 12.5. The minimum absolute atomic E-state index is 0.0556. The van der Waals surface area contributed by atoms with Gasteiger partial charge in [-0.1, -0.05) is 19.3 Å². The summed E-state index contributed by atoms with van der Waals surface area (Å²) >= 11 is 0. The van der Waals surface area contributed by atoms with Crippen LogP contribution in [0.3, 0.4) is 0 Å². The smallest absolute Gasteiger partial charge is 0.253 e. The van der Waals surface area contributed by atoms with Crippen molar-refractivity contribution >= 4 is 17.5 Å². The summed E-state index contributed by atoms with van der Waals surface area (Å²) < 4.78 is 0. The Morgan fingerprint density at radius 3 is 2.36 bits per heavy atom. The summed E-state index contributed by atoms with van der Waals surface area (Å²) in [5.74, 6) is -0.0408. The number of hydrogen-bond donors (Lipinski definition) is 2. The monoisotopic (exact) mass is 303 g/mol. The van der Waals surface area contributed by atoms with Crippen LogP contribution in [0.15, 0.2) is 24.3 Å². The maximum Gasteiger partial charge on any atom is 0.253 e. The number of amides is 2. The molecule has 22 heavy (non-hydrogen) atoms. The summed E-state index contributed by atoms with van der Waals surface area (Å²) in [4.78, 5) is 25.9. The molecule has 0 unspecified atom stereocenters. The number of hydrogen-bond acceptors (Lipinski definition) is 3. The van der Waals surface area contributed by atoms with Gasteiger partial charge in [-0.15, -0.1) is 0 Å². The molecule has 0 bridgehead atoms. The molecule has 0 saturated heterocycles. The first-order valence-electron chi connectivity index (χ1n) is 7.93. The molecule has 1 fully saturated rings. The van der Waals surface area contributed by atoms with E-state index in [-0.39, 0.29) is 18.4 Å². The summed E-state index contributed by atoms with van der Waals surface area (Å²) in [6, 6.07) is 7.45. The van der Waals surface area contributed by atoms with E-state index in [1.807, 2.05) is 11.9 Å². The molecular formula is C17H25N3O2. The largest absolute Gasteiger partial charge is 0.339 e. The van der Waals surface area contributed by atoms with Gasteiger partial charge in [0.2, 0.25) is 5.91 Å². The Bertz CT molecular complexity index is 507. The van der Waals surface area contributed by atoms with Crippen LogP contribution < -0.4 is 10.6 Å². The number of benzene rings is 1. The number of anilines is 1. The Morgan fingerprint density at radius 1 is 1.14 bits per heavy atom. The highest BCUT2D eigenvalue weighted by atomic mass is 16.2. The molecule has 2 amide bonds. The van der Waals surface area contributed by atoms with Gasteiger partial charge in [0.15, 0.2) is 0 Å². The Morgan fingerprint density at radius 2 is 1.77 bits per heavy atom. The fraction of sp³-hybridized carbons (Fsp3) is 0.529. The first-order chi connectivity index (χ1) is 10.6. The third-order valence-corrected chi connectivity index (χ3v) is 4.20. The van der Waals surface area contributed by atoms with E-state index in [0.29, 0.717) is 17.3 Å². The third-order valence-electron chi connectivity index (χ3n) is 4.20. The zero-order chi connectivity index (χ0) is 15.9. The first kappa shape index (κ1) is 16.5. The molecule has 2 rings (SSSR count). The van der Waals surface area contributed by atoms with Crippen LogP contribution in [0.2, 0.25) is 0 Å². The highest BCUT2D eigenvalue weighted by Gasteiger charge is 2.22. The van der Waals surface area contributed by atoms with Crippen molar-refractivity contribution in [3.63, 3.8) is 0 Å². The van der Waals surface area contributed by atoms with Gasteiger partial charge in [-0.3, -0.25) is 9.59 Å². The quantitative estimate of drug-likeness (QED) is 0.877. The van der Waals surface area contributed by atoms with E-state index < -0.39 is 0 Å². The topological polar surface area (TPSA) is 61.4 Å². The van der Waals surface area contributed by atoms with Crippen LogP contribution in [0.4, 0.5) is 5.69 Å². The molecule has 1 aromatic carbocycles. The van der Waals surface area contributed by atoms with Crippen LogP contribution in [0.25, 0.3) is 0 Å². The minimum atomic E-state index is -0.0964. The first-order valence-corrected chi connectivity index (χ1v) is 7.93. The van der Waals surface area contributed by atoms with Crippen molar-refractivity contribution in [2.75, 3.05) is 26.0 Å². The van der Waals surface area contributed by atoms with Crippen molar-refractivity contribution in [1.29, 1.82) is 0 Å². The van der Waals surface area contributed by atoms with E-state index in [2.05, 4.69) is 10.6 Å². The normalized spacial score (nSPS) is 15.4. The summed E-state index contributed by atoms with van der Waals surface area (Å²) in [5, 5.41) is 5.57. The van der Waals surface area contributed by atoms with Gasteiger partial charge >= 0.3 is 0 Å². The van der Waals surface area contributed by atoms with E-state index in [1.165, 1.54) is 19.3 Å². The molecule has 0 aromatic heterocycles. The number of likely N-dealkylation sites (N-methyl/N-ethyl adjacent to an activating group) is 1. The summed E-state index contributed by atoms with van der Waals surface area (Å²) in [6.07, 6.45) is 5.89. The maximum absolute atomic E-state index is 12.5. The molecule has 120 valence electrons. The lowest BCUT2D eigenvalue weighted by Gasteiger charge is -2.31. The molecule has 5 heteroatoms. The molecule has 1 aliphatic carbocycles. The summed E-state index contributed by atoms with van der Waals surface area (Å²) in [7, 11) is 3.61. The highest BCUT2D eigenvalue weighted by Crippen LogP contribution is 2.23. The summed E-state index contributed by atoms with van der Waals surface area (Å²) in [5.41, 5.74) is 1.37. The van der Waals surface area contributed by atoms with E-state index >= 15 is 0 Å². The zero-order valence-corrected chi connectivity index (χ0v) is 13.4. The Balaban J connectivity index is 1.96. The van der Waals surface area contributed by atoms with Gasteiger partial charge in [0.25, 0.3) is 5.91 Å². The second-order valence-corrected chi connectivity index (χ2v) is 5.86. The Hall–Kier alpha value is -1.88. The average Bonchev–Trinajstić information content (AvgIpc) is 2.55. The molecule has 1 aliphatic rings. The van der Waals surface area contributed by atoms with Crippen LogP contribution in [-0.2, 0) is 4.79 Å². The van der Waals surface area contributed by atoms with E-state index in [0.717, 1.165) is 12.8 Å². The fourth-order valence-corrected chi connectivity index (χ4v) is 2.90. The molecular weight excluding hydrogens is 278 g/mol. The van der Waals surface area contributed by atoms with Crippen molar-refractivity contribution < 1.29 is 9.59 Å². The van der Waals surface area contributed by atoms with Crippen molar-refractivity contribution in [3.05, 3.63) is 29.8 Å². The molecule has 2 N–H and O–H groups in total. The van der Waals surface area contributed by atoms with Crippen molar-refractivity contribution in [2.24, 2.45) is 0 Å². The van der Waals surface area contributed by atoms with Crippen molar-refractivity contribution in [1.82, 2.24) is 10.2 Å². The number of carbonyl (C=O) groups is 2. The van der Waals surface area contributed by atoms with Gasteiger partial charge in [-0.25, -0.2) is 0 Å². The molecule has 0 aliphatic heterocycles. The SMILES string of the molecule is CNCC(=O)Nc1ccc(C(=O)N(C)C2CCCCC2)cc1. The second-order valence-electron chi connectivity index (χ2n) is 5.86. The predicted molar refractivity (Wildman–Crippen MR) is 88.0 cm³/mol. The number of carbonyl (C=O) groups excluding carboxylic acids is 2. The van der Waals surface area contributed by atoms with Crippen LogP contribution in [0, 0.1) is 0 Å². The molecule has 0 spiro atoms. The number of rotatable bonds is 5. The lowest BCUT2D eigenvalue weighted by molar-refractivity contribution is -0.115. The highest BCUT2D eigenvalue weighted by molar-refractivity contribution is 5.96. The average molecular weight is 303 g/mol. The predicted octanol–water partition coefficient (Wildman–Crippen LogP) is 2.25. The molecule has 1 saturated carbocycles. The molecule has 5 nitrogen and oxygen atoms in total. The van der Waals surface area contributed by atoms with Crippen LogP contribution >= 0.6 is 0 Å². The molecule has 1 aromatic rings. The molecule has 0 heterocycles. The van der Waals surface area contributed by atoms with Crippen molar-refractivity contribution in [2.45, 2.75) is 38.1 Å². The lowest BCUT2D eigenvalue weighted by Crippen LogP contribution is -2.38. The lowest BCUT2D eigenvalue weighted by atomic mass is 9.94. The summed E-state index contributed by atoms with van der Waals surface area (Å²) in [6.45, 7) is 0.269. The van der Waals surface area contributed by atoms with Gasteiger partial charge in [0, 0.05) is 24.3 Å². The van der Waals surface area contributed by atoms with E-state index in [1.54, 1.807) is 31.3 Å². The van der Waals surface area contributed by atoms with Crippen molar-refractivity contribution in [3.8, 4) is 0 Å². The zero-order valence-electron chi connectivity index (χ0n) is 13.4. The van der Waals surface area contributed by atoms with E-state index in [4.69, 9.17) is 0 Å². The van der Waals surface area contributed by atoms with Gasteiger partial charge < -0.3 is 15.5 Å². The Labute approximate surface area is 132 Å². The molecule has 0 radical (unpaired) electrons. The Kier molecular flexibility index (Phi) is 5.95. The number of nitrogens with one attached hydrogen (secondary N) is 2.